The predicted molar refractivity (Wildman–Crippen MR) is 143 cm³/mol. The van der Waals surface area contributed by atoms with Crippen molar-refractivity contribution < 1.29 is 19.4 Å². The van der Waals surface area contributed by atoms with Gasteiger partial charge < -0.3 is 24.8 Å². The van der Waals surface area contributed by atoms with Crippen LogP contribution in [0.2, 0.25) is 10.0 Å². The van der Waals surface area contributed by atoms with Crippen molar-refractivity contribution in [2.24, 2.45) is 0 Å². The first kappa shape index (κ1) is 25.9. The van der Waals surface area contributed by atoms with Crippen molar-refractivity contribution in [3.63, 3.8) is 0 Å². The predicted octanol–water partition coefficient (Wildman–Crippen LogP) is 4.97. The van der Waals surface area contributed by atoms with E-state index in [1.54, 1.807) is 6.07 Å². The van der Waals surface area contributed by atoms with Gasteiger partial charge in [-0.3, -0.25) is 9.89 Å². The highest BCUT2D eigenvalue weighted by Crippen LogP contribution is 2.50. The second kappa shape index (κ2) is 10.0. The van der Waals surface area contributed by atoms with E-state index in [1.807, 2.05) is 37.2 Å². The van der Waals surface area contributed by atoms with Gasteiger partial charge in [0.15, 0.2) is 0 Å². The van der Waals surface area contributed by atoms with E-state index in [1.165, 1.54) is 20.3 Å². The molecular formula is C26H28Cl2N4O4. The number of ether oxygens (including phenoxy) is 2. The summed E-state index contributed by atoms with van der Waals surface area (Å²) < 4.78 is 10.8. The second-order valence-electron chi connectivity index (χ2n) is 8.84. The molecular weight excluding hydrogens is 503 g/mol. The molecule has 0 unspecified atom stereocenters. The molecule has 10 heteroatoms. The van der Waals surface area contributed by atoms with E-state index >= 15 is 0 Å². The Morgan fingerprint density at radius 3 is 2.47 bits per heavy atom. The van der Waals surface area contributed by atoms with Crippen LogP contribution in [0.4, 0.5) is 11.4 Å². The van der Waals surface area contributed by atoms with Crippen LogP contribution in [0.1, 0.15) is 23.2 Å². The number of aromatic nitrogens is 2. The van der Waals surface area contributed by atoms with Crippen molar-refractivity contribution in [3.05, 3.63) is 63.8 Å². The molecule has 0 saturated heterocycles. The number of benzene rings is 2. The van der Waals surface area contributed by atoms with E-state index in [0.29, 0.717) is 41.3 Å². The Morgan fingerprint density at radius 1 is 1.22 bits per heavy atom. The number of anilines is 2. The number of nitrogens with zero attached hydrogens (tertiary/aromatic N) is 2. The maximum Gasteiger partial charge on any atom is 0.247 e. The number of rotatable bonds is 7. The van der Waals surface area contributed by atoms with Crippen molar-refractivity contribution in [3.8, 4) is 22.8 Å². The number of carbonyl (C=O) groups excluding carboxylic acids is 1. The Bertz CT molecular complexity index is 1310. The van der Waals surface area contributed by atoms with Gasteiger partial charge in [-0.2, -0.15) is 5.10 Å². The molecule has 8 nitrogen and oxygen atoms in total. The molecule has 1 aliphatic rings. The standard InChI is InChI=1S/C26H28Cl2N4O4/c1-6-21(33)29-17-8-7-14(32(2)3)11-16(17)25-15-9-10-26(34,13-18(15)30-31-25)22-23(27)19(35-4)12-20(36-5)24(22)28/h6-8,11-12,34H,1,9-10,13H2,2-5H3,(H,29,33)(H,30,31)/t26-/m0/s1. The quantitative estimate of drug-likeness (QED) is 0.373. The van der Waals surface area contributed by atoms with E-state index in [0.717, 1.165) is 22.5 Å². The molecule has 0 radical (unpaired) electrons. The fraction of sp³-hybridized carbons (Fsp3) is 0.308. The molecule has 1 atom stereocenters. The van der Waals surface area contributed by atoms with Crippen molar-refractivity contribution in [2.45, 2.75) is 24.9 Å². The number of nitrogens with one attached hydrogen (secondary N) is 2. The summed E-state index contributed by atoms with van der Waals surface area (Å²) in [6.45, 7) is 3.54. The van der Waals surface area contributed by atoms with E-state index in [-0.39, 0.29) is 22.4 Å². The minimum Gasteiger partial charge on any atom is -0.495 e. The molecule has 36 heavy (non-hydrogen) atoms. The fourth-order valence-electron chi connectivity index (χ4n) is 4.56. The third-order valence-corrected chi connectivity index (χ3v) is 7.22. The average molecular weight is 531 g/mol. The number of fused-ring (bicyclic) bond motifs is 1. The summed E-state index contributed by atoms with van der Waals surface area (Å²) in [5, 5.41) is 22.8. The van der Waals surface area contributed by atoms with Crippen molar-refractivity contribution in [2.75, 3.05) is 38.5 Å². The molecule has 3 N–H and O–H groups in total. The van der Waals surface area contributed by atoms with E-state index in [2.05, 4.69) is 22.1 Å². The lowest BCUT2D eigenvalue weighted by molar-refractivity contribution is -0.111. The SMILES string of the molecule is C=CC(=O)Nc1ccc(N(C)C)cc1-c1n[nH]c2c1CC[C@@](O)(c1c(Cl)c(OC)cc(OC)c1Cl)C2. The first-order valence-corrected chi connectivity index (χ1v) is 12.0. The normalized spacial score (nSPS) is 16.8. The Labute approximate surface area is 219 Å². The van der Waals surface area contributed by atoms with Crippen LogP contribution >= 0.6 is 23.2 Å². The van der Waals surface area contributed by atoms with Crippen molar-refractivity contribution in [1.82, 2.24) is 10.2 Å². The van der Waals surface area contributed by atoms with Gasteiger partial charge in [-0.25, -0.2) is 0 Å². The molecule has 0 fully saturated rings. The summed E-state index contributed by atoms with van der Waals surface area (Å²) in [5.74, 6) is 0.407. The summed E-state index contributed by atoms with van der Waals surface area (Å²) >= 11 is 13.2. The van der Waals surface area contributed by atoms with Gasteiger partial charge in [0.2, 0.25) is 5.91 Å². The van der Waals surface area contributed by atoms with Crippen LogP contribution in [-0.2, 0) is 23.2 Å². The molecule has 4 rings (SSSR count). The Morgan fingerprint density at radius 2 is 1.89 bits per heavy atom. The monoisotopic (exact) mass is 530 g/mol. The van der Waals surface area contributed by atoms with Crippen LogP contribution in [0.5, 0.6) is 11.5 Å². The van der Waals surface area contributed by atoms with Crippen LogP contribution in [0.25, 0.3) is 11.3 Å². The van der Waals surface area contributed by atoms with E-state index in [4.69, 9.17) is 32.7 Å². The molecule has 0 bridgehead atoms. The zero-order chi connectivity index (χ0) is 26.2. The van der Waals surface area contributed by atoms with Gasteiger partial charge in [0.1, 0.15) is 11.5 Å². The summed E-state index contributed by atoms with van der Waals surface area (Å²) in [6, 6.07) is 7.32. The average Bonchev–Trinajstić information content (AvgIpc) is 3.26. The maximum atomic E-state index is 12.1. The van der Waals surface area contributed by atoms with Crippen LogP contribution in [-0.4, -0.2) is 49.5 Å². The van der Waals surface area contributed by atoms with E-state index in [9.17, 15) is 9.90 Å². The third kappa shape index (κ3) is 4.52. The molecule has 1 aliphatic carbocycles. The molecule has 1 aromatic heterocycles. The van der Waals surface area contributed by atoms with Gasteiger partial charge in [0.25, 0.3) is 0 Å². The summed E-state index contributed by atoms with van der Waals surface area (Å²) in [4.78, 5) is 14.0. The number of aromatic amines is 1. The van der Waals surface area contributed by atoms with Gasteiger partial charge in [-0.15, -0.1) is 0 Å². The van der Waals surface area contributed by atoms with Gasteiger partial charge in [0.05, 0.1) is 41.2 Å². The number of carbonyl (C=O) groups is 1. The number of H-pyrrole nitrogens is 1. The molecule has 3 aromatic rings. The third-order valence-electron chi connectivity index (χ3n) is 6.47. The first-order valence-electron chi connectivity index (χ1n) is 11.3. The van der Waals surface area contributed by atoms with Gasteiger partial charge in [-0.1, -0.05) is 29.8 Å². The lowest BCUT2D eigenvalue weighted by Gasteiger charge is -2.34. The summed E-state index contributed by atoms with van der Waals surface area (Å²) in [5.41, 5.74) is 3.72. The lowest BCUT2D eigenvalue weighted by atomic mass is 9.77. The zero-order valence-corrected chi connectivity index (χ0v) is 22.0. The summed E-state index contributed by atoms with van der Waals surface area (Å²) in [7, 11) is 6.87. The van der Waals surface area contributed by atoms with Crippen LogP contribution < -0.4 is 19.7 Å². The number of hydrogen-bond acceptors (Lipinski definition) is 6. The maximum absolute atomic E-state index is 12.1. The molecule has 0 saturated carbocycles. The number of amides is 1. The number of aliphatic hydroxyl groups is 1. The van der Waals surface area contributed by atoms with Crippen LogP contribution in [0.15, 0.2) is 36.9 Å². The number of methoxy groups -OCH3 is 2. The number of hydrogen-bond donors (Lipinski definition) is 3. The van der Waals surface area contributed by atoms with Gasteiger partial charge >= 0.3 is 0 Å². The smallest absolute Gasteiger partial charge is 0.247 e. The summed E-state index contributed by atoms with van der Waals surface area (Å²) in [6.07, 6.45) is 2.25. The topological polar surface area (TPSA) is 99.7 Å². The highest BCUT2D eigenvalue weighted by molar-refractivity contribution is 6.38. The lowest BCUT2D eigenvalue weighted by Crippen LogP contribution is -2.34. The fourth-order valence-corrected chi connectivity index (χ4v) is 5.41. The Hall–Kier alpha value is -3.20. The highest BCUT2D eigenvalue weighted by atomic mass is 35.5. The van der Waals surface area contributed by atoms with Crippen LogP contribution in [0, 0.1) is 0 Å². The molecule has 1 amide bonds. The molecule has 0 spiro atoms. The van der Waals surface area contributed by atoms with Gasteiger partial charge in [-0.05, 0) is 37.1 Å². The highest BCUT2D eigenvalue weighted by Gasteiger charge is 2.41. The molecule has 0 aliphatic heterocycles. The molecule has 2 aromatic carbocycles. The largest absolute Gasteiger partial charge is 0.495 e. The number of halogens is 2. The molecule has 1 heterocycles. The first-order chi connectivity index (χ1) is 17.1. The van der Waals surface area contributed by atoms with E-state index < -0.39 is 5.60 Å². The van der Waals surface area contributed by atoms with Gasteiger partial charge in [0, 0.05) is 54.7 Å². The minimum absolute atomic E-state index is 0.201. The van der Waals surface area contributed by atoms with Crippen molar-refractivity contribution in [1.29, 1.82) is 0 Å². The molecule has 190 valence electrons. The second-order valence-corrected chi connectivity index (χ2v) is 9.60. The Balaban J connectivity index is 1.79. The zero-order valence-electron chi connectivity index (χ0n) is 20.5. The Kier molecular flexibility index (Phi) is 7.22. The van der Waals surface area contributed by atoms with Crippen molar-refractivity contribution >= 4 is 40.5 Å². The minimum atomic E-state index is -1.38. The van der Waals surface area contributed by atoms with Crippen LogP contribution in [0.3, 0.4) is 0 Å².